The molecule has 0 fully saturated rings. The second-order valence-electron chi connectivity index (χ2n) is 3.83. The first-order valence-corrected chi connectivity index (χ1v) is 7.49. The number of rotatable bonds is 2. The first-order valence-electron chi connectivity index (χ1n) is 5.45. The standard InChI is InChI=1S/C12H9Cl2N3OS2/c1-6-5-20-12(15-6)17-11(19)16-10(18)7-2-3-8(13)9(14)4-7/h2-5H,1H3,(H2,15,16,17,18,19). The van der Waals surface area contributed by atoms with Crippen molar-refractivity contribution in [3.05, 3.63) is 44.9 Å². The summed E-state index contributed by atoms with van der Waals surface area (Å²) in [6, 6.07) is 4.61. The minimum atomic E-state index is -0.366. The SMILES string of the molecule is Cc1csc(NC(=S)NC(=O)c2ccc(Cl)c(Cl)c2)n1. The lowest BCUT2D eigenvalue weighted by molar-refractivity contribution is 0.0978. The first kappa shape index (κ1) is 15.2. The van der Waals surface area contributed by atoms with E-state index in [1.165, 1.54) is 17.4 Å². The predicted molar refractivity (Wildman–Crippen MR) is 87.0 cm³/mol. The molecule has 0 saturated carbocycles. The molecule has 20 heavy (non-hydrogen) atoms. The second-order valence-corrected chi connectivity index (χ2v) is 5.91. The Kier molecular flexibility index (Phi) is 4.93. The van der Waals surface area contributed by atoms with Gasteiger partial charge in [-0.15, -0.1) is 11.3 Å². The van der Waals surface area contributed by atoms with E-state index in [0.717, 1.165) is 5.69 Å². The fourth-order valence-electron chi connectivity index (χ4n) is 1.35. The van der Waals surface area contributed by atoms with E-state index in [1.54, 1.807) is 12.1 Å². The minimum absolute atomic E-state index is 0.176. The lowest BCUT2D eigenvalue weighted by atomic mass is 10.2. The monoisotopic (exact) mass is 345 g/mol. The summed E-state index contributed by atoms with van der Waals surface area (Å²) in [5.41, 5.74) is 1.26. The van der Waals surface area contributed by atoms with Gasteiger partial charge in [-0.1, -0.05) is 23.2 Å². The van der Waals surface area contributed by atoms with E-state index in [1.807, 2.05) is 12.3 Å². The van der Waals surface area contributed by atoms with Crippen molar-refractivity contribution in [1.82, 2.24) is 10.3 Å². The van der Waals surface area contributed by atoms with Crippen LogP contribution in [-0.2, 0) is 0 Å². The fourth-order valence-corrected chi connectivity index (χ4v) is 2.60. The summed E-state index contributed by atoms with van der Waals surface area (Å²) in [6.07, 6.45) is 0. The number of nitrogens with one attached hydrogen (secondary N) is 2. The lowest BCUT2D eigenvalue weighted by Gasteiger charge is -2.07. The van der Waals surface area contributed by atoms with Crippen molar-refractivity contribution >= 4 is 62.9 Å². The van der Waals surface area contributed by atoms with Crippen molar-refractivity contribution in [2.24, 2.45) is 0 Å². The topological polar surface area (TPSA) is 54.0 Å². The Balaban J connectivity index is 2.00. The number of thiazole rings is 1. The van der Waals surface area contributed by atoms with Crippen LogP contribution < -0.4 is 10.6 Å². The molecule has 1 aromatic heterocycles. The van der Waals surface area contributed by atoms with E-state index >= 15 is 0 Å². The zero-order valence-electron chi connectivity index (χ0n) is 10.2. The number of benzene rings is 1. The maximum Gasteiger partial charge on any atom is 0.257 e. The molecule has 1 amide bonds. The molecule has 0 saturated heterocycles. The number of amides is 1. The van der Waals surface area contributed by atoms with Gasteiger partial charge >= 0.3 is 0 Å². The smallest absolute Gasteiger partial charge is 0.257 e. The highest BCUT2D eigenvalue weighted by atomic mass is 35.5. The number of aryl methyl sites for hydroxylation is 1. The fraction of sp³-hybridized carbons (Fsp3) is 0.0833. The van der Waals surface area contributed by atoms with Crippen molar-refractivity contribution in [3.63, 3.8) is 0 Å². The number of halogens is 2. The van der Waals surface area contributed by atoms with Gasteiger partial charge in [-0.2, -0.15) is 0 Å². The van der Waals surface area contributed by atoms with Crippen LogP contribution in [0, 0.1) is 6.92 Å². The number of carbonyl (C=O) groups is 1. The van der Waals surface area contributed by atoms with Gasteiger partial charge in [0.2, 0.25) is 0 Å². The molecule has 1 heterocycles. The molecule has 2 aromatic rings. The number of nitrogens with zero attached hydrogens (tertiary/aromatic N) is 1. The molecule has 0 spiro atoms. The van der Waals surface area contributed by atoms with Gasteiger partial charge in [0, 0.05) is 10.9 Å². The molecule has 2 N–H and O–H groups in total. The first-order chi connectivity index (χ1) is 9.45. The molecule has 0 aliphatic heterocycles. The molecule has 0 aliphatic carbocycles. The molecular weight excluding hydrogens is 337 g/mol. The van der Waals surface area contributed by atoms with Crippen LogP contribution in [0.15, 0.2) is 23.6 Å². The van der Waals surface area contributed by atoms with E-state index < -0.39 is 0 Å². The average molecular weight is 346 g/mol. The Morgan fingerprint density at radius 1 is 1.35 bits per heavy atom. The molecule has 1 aromatic carbocycles. The van der Waals surface area contributed by atoms with Gasteiger partial charge in [0.25, 0.3) is 5.91 Å². The number of carbonyl (C=O) groups excluding carboxylic acids is 1. The summed E-state index contributed by atoms with van der Waals surface area (Å²) in [4.78, 5) is 16.1. The molecule has 0 atom stereocenters. The molecular formula is C12H9Cl2N3OS2. The van der Waals surface area contributed by atoms with Crippen LogP contribution in [0.25, 0.3) is 0 Å². The van der Waals surface area contributed by atoms with Crippen LogP contribution in [0.1, 0.15) is 16.1 Å². The van der Waals surface area contributed by atoms with Crippen molar-refractivity contribution in [1.29, 1.82) is 0 Å². The van der Waals surface area contributed by atoms with Gasteiger partial charge in [-0.05, 0) is 37.3 Å². The zero-order chi connectivity index (χ0) is 14.7. The quantitative estimate of drug-likeness (QED) is 0.810. The Bertz CT molecular complexity index is 672. The minimum Gasteiger partial charge on any atom is -0.308 e. The Morgan fingerprint density at radius 3 is 2.70 bits per heavy atom. The van der Waals surface area contributed by atoms with E-state index in [9.17, 15) is 4.79 Å². The van der Waals surface area contributed by atoms with Gasteiger partial charge in [0.1, 0.15) is 0 Å². The third-order valence-electron chi connectivity index (χ3n) is 2.25. The third-order valence-corrected chi connectivity index (χ3v) is 4.07. The summed E-state index contributed by atoms with van der Waals surface area (Å²) < 4.78 is 0. The highest BCUT2D eigenvalue weighted by molar-refractivity contribution is 7.80. The summed E-state index contributed by atoms with van der Waals surface area (Å²) in [6.45, 7) is 1.87. The molecule has 4 nitrogen and oxygen atoms in total. The summed E-state index contributed by atoms with van der Waals surface area (Å²) in [5.74, 6) is -0.366. The van der Waals surface area contributed by atoms with Gasteiger partial charge in [0.15, 0.2) is 10.2 Å². The largest absolute Gasteiger partial charge is 0.308 e. The lowest BCUT2D eigenvalue weighted by Crippen LogP contribution is -2.34. The van der Waals surface area contributed by atoms with Crippen molar-refractivity contribution < 1.29 is 4.79 Å². The number of anilines is 1. The molecule has 0 radical (unpaired) electrons. The predicted octanol–water partition coefficient (Wildman–Crippen LogP) is 3.89. The zero-order valence-corrected chi connectivity index (χ0v) is 13.4. The molecule has 104 valence electrons. The Morgan fingerprint density at radius 2 is 2.10 bits per heavy atom. The Hall–Kier alpha value is -1.21. The average Bonchev–Trinajstić information content (AvgIpc) is 2.77. The highest BCUT2D eigenvalue weighted by Crippen LogP contribution is 2.22. The van der Waals surface area contributed by atoms with Crippen LogP contribution in [0.3, 0.4) is 0 Å². The molecule has 0 unspecified atom stereocenters. The summed E-state index contributed by atoms with van der Waals surface area (Å²) in [7, 11) is 0. The van der Waals surface area contributed by atoms with Crippen LogP contribution in [0.2, 0.25) is 10.0 Å². The van der Waals surface area contributed by atoms with Crippen LogP contribution >= 0.6 is 46.8 Å². The molecule has 0 aliphatic rings. The van der Waals surface area contributed by atoms with Crippen molar-refractivity contribution in [3.8, 4) is 0 Å². The molecule has 0 bridgehead atoms. The van der Waals surface area contributed by atoms with E-state index in [2.05, 4.69) is 15.6 Å². The van der Waals surface area contributed by atoms with Crippen LogP contribution in [-0.4, -0.2) is 16.0 Å². The molecule has 8 heteroatoms. The van der Waals surface area contributed by atoms with Gasteiger partial charge in [-0.25, -0.2) is 4.98 Å². The maximum absolute atomic E-state index is 12.0. The number of hydrogen-bond donors (Lipinski definition) is 2. The summed E-state index contributed by atoms with van der Waals surface area (Å²) in [5, 5.41) is 8.77. The summed E-state index contributed by atoms with van der Waals surface area (Å²) >= 11 is 18.1. The Labute approximate surface area is 135 Å². The van der Waals surface area contributed by atoms with Gasteiger partial charge in [0.05, 0.1) is 15.7 Å². The maximum atomic E-state index is 12.0. The molecule has 2 rings (SSSR count). The van der Waals surface area contributed by atoms with Gasteiger partial charge < -0.3 is 5.32 Å². The number of thiocarbonyl (C=S) groups is 1. The number of hydrogen-bond acceptors (Lipinski definition) is 4. The van der Waals surface area contributed by atoms with Crippen LogP contribution in [0.5, 0.6) is 0 Å². The van der Waals surface area contributed by atoms with Crippen molar-refractivity contribution in [2.45, 2.75) is 6.92 Å². The van der Waals surface area contributed by atoms with E-state index in [-0.39, 0.29) is 11.0 Å². The highest BCUT2D eigenvalue weighted by Gasteiger charge is 2.10. The third kappa shape index (κ3) is 3.89. The van der Waals surface area contributed by atoms with Gasteiger partial charge in [-0.3, -0.25) is 10.1 Å². The van der Waals surface area contributed by atoms with E-state index in [0.29, 0.717) is 20.7 Å². The van der Waals surface area contributed by atoms with Crippen LogP contribution in [0.4, 0.5) is 5.13 Å². The number of aromatic nitrogens is 1. The normalized spacial score (nSPS) is 10.2. The van der Waals surface area contributed by atoms with Crippen molar-refractivity contribution in [2.75, 3.05) is 5.32 Å². The second kappa shape index (κ2) is 6.49. The van der Waals surface area contributed by atoms with E-state index in [4.69, 9.17) is 35.4 Å².